The Hall–Kier alpha value is 0.920. The SMILES string of the molecule is CC1(C)NC(C)(C)C(Br)CC1Br. The van der Waals surface area contributed by atoms with Crippen LogP contribution in [0.3, 0.4) is 0 Å². The van der Waals surface area contributed by atoms with Crippen LogP contribution in [0.1, 0.15) is 34.1 Å². The van der Waals surface area contributed by atoms with Gasteiger partial charge in [-0.05, 0) is 34.1 Å². The standard InChI is InChI=1S/C9H17Br2N/c1-8(2)6(10)5-7(11)9(3,4)12-8/h6-7,12H,5H2,1-4H3. The topological polar surface area (TPSA) is 12.0 Å². The molecule has 0 aromatic heterocycles. The average Bonchev–Trinajstić information content (AvgIpc) is 1.82. The summed E-state index contributed by atoms with van der Waals surface area (Å²) in [4.78, 5) is 1.09. The van der Waals surface area contributed by atoms with Gasteiger partial charge < -0.3 is 5.32 Å². The van der Waals surface area contributed by atoms with Crippen LogP contribution in [-0.2, 0) is 0 Å². The van der Waals surface area contributed by atoms with Crippen LogP contribution in [-0.4, -0.2) is 20.7 Å². The van der Waals surface area contributed by atoms with Crippen molar-refractivity contribution in [2.45, 2.75) is 54.8 Å². The second kappa shape index (κ2) is 3.25. The lowest BCUT2D eigenvalue weighted by Gasteiger charge is -2.48. The van der Waals surface area contributed by atoms with Crippen LogP contribution >= 0.6 is 31.9 Å². The number of hydrogen-bond acceptors (Lipinski definition) is 1. The number of rotatable bonds is 0. The number of alkyl halides is 2. The first-order chi connectivity index (χ1) is 5.26. The summed E-state index contributed by atoms with van der Waals surface area (Å²) in [6, 6.07) is 0. The highest BCUT2D eigenvalue weighted by Gasteiger charge is 2.43. The van der Waals surface area contributed by atoms with Gasteiger partial charge in [0.25, 0.3) is 0 Å². The molecule has 0 aromatic rings. The van der Waals surface area contributed by atoms with E-state index in [0.29, 0.717) is 9.65 Å². The third-order valence-corrected chi connectivity index (χ3v) is 5.66. The fourth-order valence-corrected chi connectivity index (χ4v) is 3.24. The molecule has 1 N–H and O–H groups in total. The molecule has 72 valence electrons. The van der Waals surface area contributed by atoms with Crippen LogP contribution in [0, 0.1) is 0 Å². The highest BCUT2D eigenvalue weighted by atomic mass is 79.9. The smallest absolute Gasteiger partial charge is 0.0334 e. The number of hydrogen-bond donors (Lipinski definition) is 1. The molecule has 2 unspecified atom stereocenters. The maximum atomic E-state index is 3.71. The van der Waals surface area contributed by atoms with Crippen LogP contribution in [0.25, 0.3) is 0 Å². The fraction of sp³-hybridized carbons (Fsp3) is 1.00. The van der Waals surface area contributed by atoms with E-state index in [2.05, 4.69) is 64.9 Å². The van der Waals surface area contributed by atoms with E-state index in [9.17, 15) is 0 Å². The van der Waals surface area contributed by atoms with Crippen molar-refractivity contribution < 1.29 is 0 Å². The molecule has 0 radical (unpaired) electrons. The third kappa shape index (κ3) is 2.05. The molecule has 0 aromatic carbocycles. The largest absolute Gasteiger partial charge is 0.305 e. The Bertz CT molecular complexity index is 159. The Morgan fingerprint density at radius 3 is 1.58 bits per heavy atom. The summed E-state index contributed by atoms with van der Waals surface area (Å²) >= 11 is 7.42. The van der Waals surface area contributed by atoms with Gasteiger partial charge in [-0.3, -0.25) is 0 Å². The molecule has 1 rings (SSSR count). The predicted octanol–water partition coefficient (Wildman–Crippen LogP) is 3.06. The van der Waals surface area contributed by atoms with Crippen molar-refractivity contribution in [3.63, 3.8) is 0 Å². The van der Waals surface area contributed by atoms with Gasteiger partial charge in [0.1, 0.15) is 0 Å². The molecule has 1 saturated heterocycles. The summed E-state index contributed by atoms with van der Waals surface area (Å²) in [6.45, 7) is 8.97. The van der Waals surface area contributed by atoms with Crippen LogP contribution in [0.4, 0.5) is 0 Å². The summed E-state index contributed by atoms with van der Waals surface area (Å²) in [5, 5.41) is 3.64. The zero-order valence-electron chi connectivity index (χ0n) is 8.12. The van der Waals surface area contributed by atoms with Crippen molar-refractivity contribution in [1.82, 2.24) is 5.32 Å². The lowest BCUT2D eigenvalue weighted by Crippen LogP contribution is -2.65. The highest BCUT2D eigenvalue weighted by Crippen LogP contribution is 2.36. The quantitative estimate of drug-likeness (QED) is 0.678. The van der Waals surface area contributed by atoms with Crippen molar-refractivity contribution in [2.24, 2.45) is 0 Å². The number of nitrogens with one attached hydrogen (secondary N) is 1. The monoisotopic (exact) mass is 297 g/mol. The van der Waals surface area contributed by atoms with Crippen molar-refractivity contribution in [2.75, 3.05) is 0 Å². The first kappa shape index (κ1) is 11.0. The van der Waals surface area contributed by atoms with Crippen molar-refractivity contribution in [3.8, 4) is 0 Å². The van der Waals surface area contributed by atoms with E-state index in [1.807, 2.05) is 0 Å². The van der Waals surface area contributed by atoms with Gasteiger partial charge in [0.2, 0.25) is 0 Å². The molecule has 1 nitrogen and oxygen atoms in total. The first-order valence-corrected chi connectivity index (χ1v) is 6.16. The summed E-state index contributed by atoms with van der Waals surface area (Å²) in [7, 11) is 0. The van der Waals surface area contributed by atoms with Gasteiger partial charge >= 0.3 is 0 Å². The van der Waals surface area contributed by atoms with Crippen LogP contribution in [0.5, 0.6) is 0 Å². The molecule has 0 aliphatic carbocycles. The van der Waals surface area contributed by atoms with Gasteiger partial charge in [0.05, 0.1) is 0 Å². The summed E-state index contributed by atoms with van der Waals surface area (Å²) < 4.78 is 0. The predicted molar refractivity (Wildman–Crippen MR) is 61.3 cm³/mol. The Morgan fingerprint density at radius 2 is 1.33 bits per heavy atom. The molecule has 1 heterocycles. The van der Waals surface area contributed by atoms with Crippen molar-refractivity contribution >= 4 is 31.9 Å². The average molecular weight is 299 g/mol. The van der Waals surface area contributed by atoms with Crippen LogP contribution < -0.4 is 5.32 Å². The molecule has 3 heteroatoms. The molecule has 1 aliphatic rings. The fourth-order valence-electron chi connectivity index (χ4n) is 1.76. The van der Waals surface area contributed by atoms with E-state index in [0.717, 1.165) is 0 Å². The molecule has 12 heavy (non-hydrogen) atoms. The van der Waals surface area contributed by atoms with E-state index >= 15 is 0 Å². The maximum Gasteiger partial charge on any atom is 0.0334 e. The Kier molecular flexibility index (Phi) is 2.98. The molecular formula is C9H17Br2N. The molecule has 0 bridgehead atoms. The van der Waals surface area contributed by atoms with E-state index in [1.165, 1.54) is 6.42 Å². The molecule has 0 saturated carbocycles. The molecule has 2 atom stereocenters. The van der Waals surface area contributed by atoms with E-state index in [1.54, 1.807) is 0 Å². The zero-order chi connectivity index (χ0) is 9.57. The molecule has 0 amide bonds. The van der Waals surface area contributed by atoms with Crippen molar-refractivity contribution in [1.29, 1.82) is 0 Å². The minimum Gasteiger partial charge on any atom is -0.305 e. The normalized spacial score (nSPS) is 39.5. The Morgan fingerprint density at radius 1 is 1.00 bits per heavy atom. The zero-order valence-corrected chi connectivity index (χ0v) is 11.3. The maximum absolute atomic E-state index is 3.71. The third-order valence-electron chi connectivity index (χ3n) is 2.62. The van der Waals surface area contributed by atoms with Gasteiger partial charge in [0, 0.05) is 20.7 Å². The molecule has 0 spiro atoms. The minimum atomic E-state index is 0.188. The molecule has 1 aliphatic heterocycles. The van der Waals surface area contributed by atoms with E-state index in [-0.39, 0.29) is 11.1 Å². The second-order valence-electron chi connectivity index (χ2n) is 4.74. The summed E-state index contributed by atoms with van der Waals surface area (Å²) in [5.41, 5.74) is 0.377. The summed E-state index contributed by atoms with van der Waals surface area (Å²) in [5.74, 6) is 0. The minimum absolute atomic E-state index is 0.188. The lowest BCUT2D eigenvalue weighted by molar-refractivity contribution is 0.203. The highest BCUT2D eigenvalue weighted by molar-refractivity contribution is 9.10. The van der Waals surface area contributed by atoms with E-state index < -0.39 is 0 Å². The van der Waals surface area contributed by atoms with Crippen molar-refractivity contribution in [3.05, 3.63) is 0 Å². The number of piperidine rings is 1. The summed E-state index contributed by atoms with van der Waals surface area (Å²) in [6.07, 6.45) is 1.17. The number of halogens is 2. The van der Waals surface area contributed by atoms with Gasteiger partial charge in [-0.2, -0.15) is 0 Å². The second-order valence-corrected chi connectivity index (χ2v) is 6.95. The lowest BCUT2D eigenvalue weighted by atomic mass is 9.83. The van der Waals surface area contributed by atoms with Crippen LogP contribution in [0.15, 0.2) is 0 Å². The first-order valence-electron chi connectivity index (χ1n) is 4.33. The Labute approximate surface area is 91.9 Å². The van der Waals surface area contributed by atoms with E-state index in [4.69, 9.17) is 0 Å². The Balaban J connectivity index is 2.78. The van der Waals surface area contributed by atoms with Gasteiger partial charge in [-0.25, -0.2) is 0 Å². The van der Waals surface area contributed by atoms with Gasteiger partial charge in [-0.1, -0.05) is 31.9 Å². The molecular weight excluding hydrogens is 282 g/mol. The van der Waals surface area contributed by atoms with Gasteiger partial charge in [0.15, 0.2) is 0 Å². The van der Waals surface area contributed by atoms with Crippen LogP contribution in [0.2, 0.25) is 0 Å². The molecule has 1 fully saturated rings. The van der Waals surface area contributed by atoms with Gasteiger partial charge in [-0.15, -0.1) is 0 Å².